The molecule has 0 spiro atoms. The van der Waals surface area contributed by atoms with Gasteiger partial charge in [0.2, 0.25) is 5.91 Å². The second-order valence-corrected chi connectivity index (χ2v) is 10.2. The first kappa shape index (κ1) is 30.1. The Hall–Kier alpha value is -0.940. The van der Waals surface area contributed by atoms with E-state index in [2.05, 4.69) is 12.2 Å². The van der Waals surface area contributed by atoms with Gasteiger partial charge >= 0.3 is 0 Å². The van der Waals surface area contributed by atoms with Crippen molar-refractivity contribution < 1.29 is 19.4 Å². The zero-order valence-corrected chi connectivity index (χ0v) is 21.8. The molecule has 0 aliphatic carbocycles. The van der Waals surface area contributed by atoms with Gasteiger partial charge in [-0.2, -0.15) is 0 Å². The van der Waals surface area contributed by atoms with E-state index in [9.17, 15) is 14.7 Å². The Morgan fingerprint density at radius 1 is 0.727 bits per heavy atom. The Morgan fingerprint density at radius 2 is 1.12 bits per heavy atom. The summed E-state index contributed by atoms with van der Waals surface area (Å²) in [6.45, 7) is 3.82. The molecule has 0 bridgehead atoms. The molecule has 0 aromatic carbocycles. The van der Waals surface area contributed by atoms with Gasteiger partial charge in [0.05, 0.1) is 6.04 Å². The SMILES string of the molecule is CCCCCCCCCCCCCCCCCCCCC(=O)NC(CCC(C)=O)C1OC1O. The van der Waals surface area contributed by atoms with Crippen LogP contribution in [0.2, 0.25) is 0 Å². The zero-order valence-electron chi connectivity index (χ0n) is 21.8. The van der Waals surface area contributed by atoms with Crippen LogP contribution in [0.3, 0.4) is 0 Å². The van der Waals surface area contributed by atoms with Crippen LogP contribution < -0.4 is 5.32 Å². The summed E-state index contributed by atoms with van der Waals surface area (Å²) in [4.78, 5) is 23.4. The van der Waals surface area contributed by atoms with E-state index < -0.39 is 6.29 Å². The third-order valence-corrected chi connectivity index (χ3v) is 6.81. The minimum atomic E-state index is -0.799. The molecule has 1 saturated heterocycles. The van der Waals surface area contributed by atoms with Gasteiger partial charge in [0.25, 0.3) is 0 Å². The van der Waals surface area contributed by atoms with Crippen molar-refractivity contribution in [3.05, 3.63) is 0 Å². The molecule has 1 rings (SSSR count). The van der Waals surface area contributed by atoms with Gasteiger partial charge in [-0.1, -0.05) is 116 Å². The van der Waals surface area contributed by atoms with Gasteiger partial charge < -0.3 is 20.0 Å². The summed E-state index contributed by atoms with van der Waals surface area (Å²) in [6, 6.07) is -0.257. The van der Waals surface area contributed by atoms with Crippen molar-refractivity contribution in [2.75, 3.05) is 0 Å². The summed E-state index contributed by atoms with van der Waals surface area (Å²) in [5.74, 6) is 0.0932. The van der Waals surface area contributed by atoms with Crippen LogP contribution in [0.5, 0.6) is 0 Å². The molecule has 0 radical (unpaired) electrons. The van der Waals surface area contributed by atoms with Crippen LogP contribution in [0.1, 0.15) is 149 Å². The van der Waals surface area contributed by atoms with Gasteiger partial charge in [0.15, 0.2) is 6.29 Å². The number of ether oxygens (including phenoxy) is 1. The first-order valence-corrected chi connectivity index (χ1v) is 14.2. The first-order chi connectivity index (χ1) is 16.0. The maximum atomic E-state index is 12.2. The van der Waals surface area contributed by atoms with Gasteiger partial charge in [-0.15, -0.1) is 0 Å². The van der Waals surface area contributed by atoms with E-state index in [1.54, 1.807) is 6.92 Å². The molecule has 0 aromatic heterocycles. The van der Waals surface area contributed by atoms with Crippen molar-refractivity contribution in [2.24, 2.45) is 0 Å². The highest BCUT2D eigenvalue weighted by molar-refractivity contribution is 5.77. The van der Waals surface area contributed by atoms with E-state index in [0.29, 0.717) is 19.3 Å². The minimum Gasteiger partial charge on any atom is -0.366 e. The van der Waals surface area contributed by atoms with Gasteiger partial charge in [-0.05, 0) is 19.8 Å². The van der Waals surface area contributed by atoms with Crippen molar-refractivity contribution in [3.63, 3.8) is 0 Å². The number of Topliss-reactive ketones (excluding diaryl/α,β-unsaturated/α-hetero) is 1. The van der Waals surface area contributed by atoms with Crippen LogP contribution in [0.25, 0.3) is 0 Å². The number of epoxide rings is 1. The minimum absolute atomic E-state index is 0.00254. The number of aliphatic hydroxyl groups excluding tert-OH is 1. The molecule has 1 aliphatic rings. The summed E-state index contributed by atoms with van der Waals surface area (Å²) >= 11 is 0. The Labute approximate surface area is 203 Å². The normalized spacial score (nSPS) is 18.3. The number of carbonyl (C=O) groups excluding carboxylic acids is 2. The van der Waals surface area contributed by atoms with E-state index in [4.69, 9.17) is 4.74 Å². The predicted octanol–water partition coefficient (Wildman–Crippen LogP) is 6.99. The fourth-order valence-electron chi connectivity index (χ4n) is 4.55. The highest BCUT2D eigenvalue weighted by atomic mass is 16.7. The summed E-state index contributed by atoms with van der Waals surface area (Å²) < 4.78 is 5.08. The molecule has 2 N–H and O–H groups in total. The van der Waals surface area contributed by atoms with Crippen LogP contribution in [0.15, 0.2) is 0 Å². The highest BCUT2D eigenvalue weighted by Crippen LogP contribution is 2.25. The van der Waals surface area contributed by atoms with Crippen molar-refractivity contribution in [1.82, 2.24) is 5.32 Å². The molecule has 1 amide bonds. The van der Waals surface area contributed by atoms with Crippen LogP contribution in [0.4, 0.5) is 0 Å². The van der Waals surface area contributed by atoms with Gasteiger partial charge in [0, 0.05) is 12.8 Å². The molecular weight excluding hydrogens is 414 g/mol. The molecule has 5 heteroatoms. The fraction of sp³-hybridized carbons (Fsp3) is 0.929. The van der Waals surface area contributed by atoms with Gasteiger partial charge in [-0.3, -0.25) is 4.79 Å². The molecule has 3 unspecified atom stereocenters. The Kier molecular flexibility index (Phi) is 18.6. The Balaban J connectivity index is 1.83. The Bertz CT molecular complexity index is 496. The number of ketones is 1. The number of amides is 1. The Morgan fingerprint density at radius 3 is 1.48 bits per heavy atom. The fourth-order valence-corrected chi connectivity index (χ4v) is 4.55. The number of unbranched alkanes of at least 4 members (excludes halogenated alkanes) is 17. The van der Waals surface area contributed by atoms with Crippen molar-refractivity contribution in [3.8, 4) is 0 Å². The quantitative estimate of drug-likeness (QED) is 0.118. The maximum absolute atomic E-state index is 12.2. The predicted molar refractivity (Wildman–Crippen MR) is 136 cm³/mol. The lowest BCUT2D eigenvalue weighted by molar-refractivity contribution is -0.123. The molecule has 3 atom stereocenters. The van der Waals surface area contributed by atoms with Crippen molar-refractivity contribution in [1.29, 1.82) is 0 Å². The molecule has 0 aromatic rings. The molecule has 1 aliphatic heterocycles. The average Bonchev–Trinajstić information content (AvgIpc) is 3.52. The zero-order chi connectivity index (χ0) is 24.2. The van der Waals surface area contributed by atoms with E-state index in [-0.39, 0.29) is 23.8 Å². The molecule has 1 heterocycles. The number of carbonyl (C=O) groups is 2. The summed E-state index contributed by atoms with van der Waals surface area (Å²) in [6.07, 6.45) is 24.3. The lowest BCUT2D eigenvalue weighted by Gasteiger charge is -2.16. The lowest BCUT2D eigenvalue weighted by atomic mass is 10.0. The third kappa shape index (κ3) is 18.1. The van der Waals surface area contributed by atoms with E-state index in [1.165, 1.54) is 103 Å². The van der Waals surface area contributed by atoms with Crippen LogP contribution in [-0.2, 0) is 14.3 Å². The first-order valence-electron chi connectivity index (χ1n) is 14.2. The van der Waals surface area contributed by atoms with E-state index in [1.807, 2.05) is 0 Å². The summed E-state index contributed by atoms with van der Waals surface area (Å²) in [5.41, 5.74) is 0. The number of hydrogen-bond donors (Lipinski definition) is 2. The number of rotatable bonds is 24. The van der Waals surface area contributed by atoms with Gasteiger partial charge in [-0.25, -0.2) is 0 Å². The lowest BCUT2D eigenvalue weighted by Crippen LogP contribution is -2.39. The van der Waals surface area contributed by atoms with Crippen LogP contribution >= 0.6 is 0 Å². The molecule has 5 nitrogen and oxygen atoms in total. The standard InChI is InChI=1S/C28H53NO4/c1-3-4-5-6-7-8-9-10-11-12-13-14-15-16-17-18-19-20-21-26(31)29-25(23-22-24(2)30)27-28(32)33-27/h25,27-28,32H,3-23H2,1-2H3,(H,29,31). The summed E-state index contributed by atoms with van der Waals surface area (Å²) in [5, 5.41) is 12.4. The van der Waals surface area contributed by atoms with Crippen LogP contribution in [-0.4, -0.2) is 35.2 Å². The monoisotopic (exact) mass is 467 g/mol. The second-order valence-electron chi connectivity index (χ2n) is 10.2. The number of aliphatic hydroxyl groups is 1. The molecule has 194 valence electrons. The molecular formula is C28H53NO4. The van der Waals surface area contributed by atoms with Crippen molar-refractivity contribution in [2.45, 2.75) is 167 Å². The van der Waals surface area contributed by atoms with Gasteiger partial charge in [0.1, 0.15) is 11.9 Å². The van der Waals surface area contributed by atoms with Crippen LogP contribution in [0, 0.1) is 0 Å². The topological polar surface area (TPSA) is 78.9 Å². The van der Waals surface area contributed by atoms with E-state index in [0.717, 1.165) is 12.8 Å². The maximum Gasteiger partial charge on any atom is 0.220 e. The largest absolute Gasteiger partial charge is 0.366 e. The van der Waals surface area contributed by atoms with E-state index >= 15 is 0 Å². The smallest absolute Gasteiger partial charge is 0.220 e. The van der Waals surface area contributed by atoms with Crippen molar-refractivity contribution >= 4 is 11.7 Å². The molecule has 33 heavy (non-hydrogen) atoms. The number of nitrogens with one attached hydrogen (secondary N) is 1. The molecule has 0 saturated carbocycles. The molecule has 1 fully saturated rings. The average molecular weight is 468 g/mol. The number of hydrogen-bond acceptors (Lipinski definition) is 4. The third-order valence-electron chi connectivity index (χ3n) is 6.81. The highest BCUT2D eigenvalue weighted by Gasteiger charge is 2.44. The summed E-state index contributed by atoms with van der Waals surface area (Å²) in [7, 11) is 0. The second kappa shape index (κ2) is 20.4.